The Morgan fingerprint density at radius 3 is 1.92 bits per heavy atom. The molecule has 0 aliphatic carbocycles. The summed E-state index contributed by atoms with van der Waals surface area (Å²) in [6.07, 6.45) is 0. The Morgan fingerprint density at radius 2 is 1.62 bits per heavy atom. The third-order valence-corrected chi connectivity index (χ3v) is 5.64. The highest BCUT2D eigenvalue weighted by Gasteiger charge is 2.25. The molecule has 0 heterocycles. The van der Waals surface area contributed by atoms with Crippen LogP contribution in [0.5, 0.6) is 0 Å². The van der Waals surface area contributed by atoms with Crippen LogP contribution in [0.2, 0.25) is 0 Å². The molecular weight excluding hydrogens is 211 g/mol. The number of rotatable bonds is 7. The van der Waals surface area contributed by atoms with E-state index in [2.05, 4.69) is 0 Å². The zero-order chi connectivity index (χ0) is 10.3. The maximum absolute atomic E-state index is 11.7. The molecule has 0 unspecified atom stereocenters. The van der Waals surface area contributed by atoms with Crippen molar-refractivity contribution in [2.45, 2.75) is 20.8 Å². The molecule has 13 heavy (non-hydrogen) atoms. The monoisotopic (exact) mass is 228 g/mol. The molecule has 1 atom stereocenters. The van der Waals surface area contributed by atoms with Crippen LogP contribution in [0.25, 0.3) is 0 Å². The molecule has 0 saturated heterocycles. The Hall–Kier alpha value is 0.300. The van der Waals surface area contributed by atoms with E-state index in [1.807, 2.05) is 0 Å². The van der Waals surface area contributed by atoms with Gasteiger partial charge in [-0.05, 0) is 13.8 Å². The lowest BCUT2D eigenvalue weighted by atomic mass is 10.9. The molecule has 0 aliphatic heterocycles. The van der Waals surface area contributed by atoms with Gasteiger partial charge < -0.3 is 9.05 Å². The fourth-order valence-corrected chi connectivity index (χ4v) is 4.37. The quantitative estimate of drug-likeness (QED) is 0.625. The summed E-state index contributed by atoms with van der Waals surface area (Å²) >= 11 is 0. The first kappa shape index (κ1) is 13.3. The maximum atomic E-state index is 11.7. The van der Waals surface area contributed by atoms with Crippen LogP contribution < -0.4 is 0 Å². The van der Waals surface area contributed by atoms with E-state index in [0.717, 1.165) is 0 Å². The molecule has 6 heteroatoms. The van der Waals surface area contributed by atoms with Gasteiger partial charge in [-0.3, -0.25) is 8.77 Å². The van der Waals surface area contributed by atoms with Gasteiger partial charge in [0.2, 0.25) is 0 Å². The second kappa shape index (κ2) is 6.71. The highest BCUT2D eigenvalue weighted by molar-refractivity contribution is 7.92. The van der Waals surface area contributed by atoms with Crippen molar-refractivity contribution in [3.05, 3.63) is 0 Å². The molecule has 0 rings (SSSR count). The van der Waals surface area contributed by atoms with Gasteiger partial charge >= 0.3 is 7.60 Å². The summed E-state index contributed by atoms with van der Waals surface area (Å²) in [5.41, 5.74) is 0.00514. The first-order valence-corrected chi connectivity index (χ1v) is 7.52. The summed E-state index contributed by atoms with van der Waals surface area (Å²) in [5.74, 6) is 0.476. The van der Waals surface area contributed by atoms with Crippen LogP contribution in [-0.2, 0) is 24.4 Å². The van der Waals surface area contributed by atoms with Gasteiger partial charge in [0, 0.05) is 16.6 Å². The van der Waals surface area contributed by atoms with Gasteiger partial charge in [-0.15, -0.1) is 0 Å². The van der Waals surface area contributed by atoms with Gasteiger partial charge in [-0.25, -0.2) is 0 Å². The largest absolute Gasteiger partial charge is 0.343 e. The average molecular weight is 228 g/mol. The van der Waals surface area contributed by atoms with Gasteiger partial charge in [0.05, 0.1) is 13.2 Å². The number of hydrogen-bond acceptors (Lipinski definition) is 4. The molecule has 0 radical (unpaired) electrons. The lowest BCUT2D eigenvalue weighted by Gasteiger charge is -2.15. The molecule has 0 bridgehead atoms. The molecule has 0 amide bonds. The van der Waals surface area contributed by atoms with Crippen LogP contribution in [0.1, 0.15) is 20.8 Å². The van der Waals surface area contributed by atoms with Crippen LogP contribution >= 0.6 is 7.60 Å². The standard InChI is InChI=1S/C7H17O4PS/c1-4-10-12(8,11-5-2)7-13(9)6-3/h4-7H2,1-3H3/t13-/m0/s1. The van der Waals surface area contributed by atoms with Crippen molar-refractivity contribution in [2.24, 2.45) is 0 Å². The third-order valence-electron chi connectivity index (χ3n) is 1.28. The van der Waals surface area contributed by atoms with Crippen LogP contribution in [-0.4, -0.2) is 28.7 Å². The molecule has 0 aromatic rings. The van der Waals surface area contributed by atoms with Crippen LogP contribution in [0.3, 0.4) is 0 Å². The van der Waals surface area contributed by atoms with E-state index in [9.17, 15) is 8.77 Å². The molecular formula is C7H17O4PS. The molecule has 0 spiro atoms. The van der Waals surface area contributed by atoms with Gasteiger partial charge in [-0.2, -0.15) is 0 Å². The van der Waals surface area contributed by atoms with Crippen molar-refractivity contribution in [1.29, 1.82) is 0 Å². The predicted molar refractivity (Wildman–Crippen MR) is 54.4 cm³/mol. The average Bonchev–Trinajstić information content (AvgIpc) is 2.04. The van der Waals surface area contributed by atoms with Crippen molar-refractivity contribution >= 4 is 18.4 Å². The summed E-state index contributed by atoms with van der Waals surface area (Å²) in [6.45, 7) is 5.88. The lowest BCUT2D eigenvalue weighted by Crippen LogP contribution is -2.06. The van der Waals surface area contributed by atoms with Crippen molar-refractivity contribution in [2.75, 3.05) is 24.5 Å². The van der Waals surface area contributed by atoms with E-state index in [1.54, 1.807) is 20.8 Å². The fraction of sp³-hybridized carbons (Fsp3) is 1.00. The Labute approximate surface area is 82.0 Å². The van der Waals surface area contributed by atoms with Crippen molar-refractivity contribution in [3.63, 3.8) is 0 Å². The molecule has 0 saturated carbocycles. The zero-order valence-electron chi connectivity index (χ0n) is 8.32. The predicted octanol–water partition coefficient (Wildman–Crippen LogP) is 1.98. The smallest absolute Gasteiger partial charge is 0.308 e. The van der Waals surface area contributed by atoms with E-state index in [1.165, 1.54) is 0 Å². The zero-order valence-corrected chi connectivity index (χ0v) is 10.0. The van der Waals surface area contributed by atoms with Crippen LogP contribution in [0.15, 0.2) is 0 Å². The Morgan fingerprint density at radius 1 is 1.15 bits per heavy atom. The van der Waals surface area contributed by atoms with E-state index >= 15 is 0 Å². The highest BCUT2D eigenvalue weighted by Crippen LogP contribution is 2.48. The SMILES string of the molecule is CCOP(=O)(C[S@@](=O)CC)OCC. The molecule has 0 aromatic carbocycles. The molecule has 4 nitrogen and oxygen atoms in total. The van der Waals surface area contributed by atoms with Gasteiger partial charge in [0.15, 0.2) is 0 Å². The van der Waals surface area contributed by atoms with Gasteiger partial charge in [0.1, 0.15) is 5.49 Å². The van der Waals surface area contributed by atoms with Crippen molar-refractivity contribution in [3.8, 4) is 0 Å². The van der Waals surface area contributed by atoms with Crippen molar-refractivity contribution < 1.29 is 17.8 Å². The minimum Gasteiger partial charge on any atom is -0.308 e. The van der Waals surface area contributed by atoms with Crippen LogP contribution in [0.4, 0.5) is 0 Å². The summed E-state index contributed by atoms with van der Waals surface area (Å²) in [4.78, 5) is 0. The Bertz CT molecular complexity index is 197. The normalized spacial score (nSPS) is 14.4. The molecule has 0 fully saturated rings. The van der Waals surface area contributed by atoms with Crippen molar-refractivity contribution in [1.82, 2.24) is 0 Å². The molecule has 0 aromatic heterocycles. The van der Waals surface area contributed by atoms with E-state index in [-0.39, 0.29) is 5.49 Å². The van der Waals surface area contributed by atoms with Gasteiger partial charge in [-0.1, -0.05) is 6.92 Å². The second-order valence-corrected chi connectivity index (χ2v) is 6.53. The molecule has 0 aliphatic rings. The first-order valence-electron chi connectivity index (χ1n) is 4.31. The minimum absolute atomic E-state index is 0.00514. The minimum atomic E-state index is -3.09. The highest BCUT2D eigenvalue weighted by atomic mass is 32.2. The second-order valence-electron chi connectivity index (χ2n) is 2.30. The summed E-state index contributed by atoms with van der Waals surface area (Å²) in [5, 5.41) is 0. The van der Waals surface area contributed by atoms with Crippen LogP contribution in [0, 0.1) is 0 Å². The van der Waals surface area contributed by atoms with Gasteiger partial charge in [0.25, 0.3) is 0 Å². The molecule has 80 valence electrons. The summed E-state index contributed by atoms with van der Waals surface area (Å²) in [7, 11) is -4.20. The topological polar surface area (TPSA) is 52.6 Å². The lowest BCUT2D eigenvalue weighted by molar-refractivity contribution is 0.224. The summed E-state index contributed by atoms with van der Waals surface area (Å²) < 4.78 is 32.9. The Kier molecular flexibility index (Phi) is 6.86. The molecule has 0 N–H and O–H groups in total. The van der Waals surface area contributed by atoms with E-state index in [0.29, 0.717) is 19.0 Å². The maximum Gasteiger partial charge on any atom is 0.343 e. The Balaban J connectivity index is 4.23. The first-order chi connectivity index (χ1) is 6.08. The summed E-state index contributed by atoms with van der Waals surface area (Å²) in [6, 6.07) is 0. The number of hydrogen-bond donors (Lipinski definition) is 0. The fourth-order valence-electron chi connectivity index (χ4n) is 0.773. The van der Waals surface area contributed by atoms with E-state index < -0.39 is 18.4 Å². The van der Waals surface area contributed by atoms with E-state index in [4.69, 9.17) is 9.05 Å². The third kappa shape index (κ3) is 5.57.